The first kappa shape index (κ1) is 21.6. The van der Waals surface area contributed by atoms with Gasteiger partial charge in [0.05, 0.1) is 18.8 Å². The van der Waals surface area contributed by atoms with Crippen LogP contribution < -0.4 is 9.64 Å². The van der Waals surface area contributed by atoms with Crippen LogP contribution in [0.3, 0.4) is 0 Å². The summed E-state index contributed by atoms with van der Waals surface area (Å²) < 4.78 is 10.6. The van der Waals surface area contributed by atoms with Crippen LogP contribution in [0.25, 0.3) is 0 Å². The topological polar surface area (TPSA) is 72.0 Å². The second-order valence-electron chi connectivity index (χ2n) is 7.13. The van der Waals surface area contributed by atoms with Crippen LogP contribution in [-0.4, -0.2) is 61.2 Å². The number of ether oxygens (including phenoxy) is 2. The van der Waals surface area contributed by atoms with E-state index in [1.54, 1.807) is 13.0 Å². The Kier molecular flexibility index (Phi) is 7.65. The van der Waals surface area contributed by atoms with Gasteiger partial charge < -0.3 is 19.3 Å². The predicted octanol–water partition coefficient (Wildman–Crippen LogP) is 3.40. The van der Waals surface area contributed by atoms with Crippen molar-refractivity contribution in [1.29, 1.82) is 0 Å². The summed E-state index contributed by atoms with van der Waals surface area (Å²) >= 11 is 0. The van der Waals surface area contributed by atoms with Gasteiger partial charge in [-0.25, -0.2) is 9.78 Å². The van der Waals surface area contributed by atoms with E-state index in [1.165, 1.54) is 6.20 Å². The largest absolute Gasteiger partial charge is 0.494 e. The summed E-state index contributed by atoms with van der Waals surface area (Å²) in [5, 5.41) is 0. The number of pyridine rings is 1. The SMILES string of the molecule is CCCCOc1ccc(C(=O)N2CCN(c3ccc(C(=O)OCC)cn3)CC2)cc1. The highest BCUT2D eigenvalue weighted by Crippen LogP contribution is 2.18. The molecule has 0 bridgehead atoms. The Bertz CT molecular complexity index is 829. The number of benzene rings is 1. The lowest BCUT2D eigenvalue weighted by Crippen LogP contribution is -2.49. The molecule has 0 unspecified atom stereocenters. The molecule has 0 N–H and O–H groups in total. The second-order valence-corrected chi connectivity index (χ2v) is 7.13. The van der Waals surface area contributed by atoms with Gasteiger partial charge in [-0.3, -0.25) is 4.79 Å². The van der Waals surface area contributed by atoms with E-state index in [0.717, 1.165) is 24.4 Å². The van der Waals surface area contributed by atoms with E-state index in [4.69, 9.17) is 9.47 Å². The molecule has 0 atom stereocenters. The summed E-state index contributed by atoms with van der Waals surface area (Å²) in [5.74, 6) is 1.25. The highest BCUT2D eigenvalue weighted by atomic mass is 16.5. The maximum Gasteiger partial charge on any atom is 0.339 e. The average Bonchev–Trinajstić information content (AvgIpc) is 2.80. The Morgan fingerprint density at radius 3 is 2.27 bits per heavy atom. The zero-order valence-corrected chi connectivity index (χ0v) is 17.7. The van der Waals surface area contributed by atoms with Crippen LogP contribution >= 0.6 is 0 Å². The quantitative estimate of drug-likeness (QED) is 0.490. The minimum Gasteiger partial charge on any atom is -0.494 e. The van der Waals surface area contributed by atoms with Gasteiger partial charge in [0.2, 0.25) is 0 Å². The van der Waals surface area contributed by atoms with Gasteiger partial charge in [-0.15, -0.1) is 0 Å². The second kappa shape index (κ2) is 10.6. The molecule has 1 aliphatic rings. The number of anilines is 1. The molecule has 2 aromatic rings. The minimum atomic E-state index is -0.367. The van der Waals surface area contributed by atoms with E-state index in [0.29, 0.717) is 50.5 Å². The van der Waals surface area contributed by atoms with Gasteiger partial charge in [0.25, 0.3) is 5.91 Å². The molecule has 1 aromatic heterocycles. The van der Waals surface area contributed by atoms with Gasteiger partial charge >= 0.3 is 5.97 Å². The van der Waals surface area contributed by atoms with Crippen LogP contribution in [0.15, 0.2) is 42.6 Å². The summed E-state index contributed by atoms with van der Waals surface area (Å²) in [6.07, 6.45) is 3.65. The number of esters is 1. The fourth-order valence-corrected chi connectivity index (χ4v) is 3.26. The van der Waals surface area contributed by atoms with Gasteiger partial charge in [0.15, 0.2) is 0 Å². The zero-order chi connectivity index (χ0) is 21.3. The maximum atomic E-state index is 12.8. The van der Waals surface area contributed by atoms with Gasteiger partial charge in [-0.2, -0.15) is 0 Å². The molecule has 30 heavy (non-hydrogen) atoms. The summed E-state index contributed by atoms with van der Waals surface area (Å²) in [6.45, 7) is 7.55. The standard InChI is InChI=1S/C23H29N3O4/c1-3-5-16-30-20-9-6-18(7-10-20)22(27)26-14-12-25(13-15-26)21-11-8-19(17-24-21)23(28)29-4-2/h6-11,17H,3-5,12-16H2,1-2H3. The number of carbonyl (C=O) groups is 2. The first-order valence-corrected chi connectivity index (χ1v) is 10.5. The third-order valence-corrected chi connectivity index (χ3v) is 5.02. The zero-order valence-electron chi connectivity index (χ0n) is 17.7. The lowest BCUT2D eigenvalue weighted by atomic mass is 10.1. The van der Waals surface area contributed by atoms with Gasteiger partial charge in [-0.05, 0) is 49.7 Å². The normalized spacial score (nSPS) is 13.8. The van der Waals surface area contributed by atoms with Crippen LogP contribution in [0.4, 0.5) is 5.82 Å². The summed E-state index contributed by atoms with van der Waals surface area (Å²) in [5.41, 5.74) is 1.11. The number of aromatic nitrogens is 1. The number of carbonyl (C=O) groups excluding carboxylic acids is 2. The monoisotopic (exact) mass is 411 g/mol. The van der Waals surface area contributed by atoms with Crippen LogP contribution in [0.2, 0.25) is 0 Å². The van der Waals surface area contributed by atoms with E-state index in [9.17, 15) is 9.59 Å². The molecule has 160 valence electrons. The molecule has 1 amide bonds. The lowest BCUT2D eigenvalue weighted by Gasteiger charge is -2.35. The number of rotatable bonds is 8. The van der Waals surface area contributed by atoms with E-state index in [2.05, 4.69) is 16.8 Å². The van der Waals surface area contributed by atoms with Crippen molar-refractivity contribution in [2.24, 2.45) is 0 Å². The average molecular weight is 412 g/mol. The first-order chi connectivity index (χ1) is 14.6. The van der Waals surface area contributed by atoms with E-state index < -0.39 is 0 Å². The van der Waals surface area contributed by atoms with E-state index >= 15 is 0 Å². The Hall–Kier alpha value is -3.09. The molecule has 7 heteroatoms. The van der Waals surface area contributed by atoms with Crippen LogP contribution in [-0.2, 0) is 4.74 Å². The molecule has 2 heterocycles. The summed E-state index contributed by atoms with van der Waals surface area (Å²) in [4.78, 5) is 32.9. The van der Waals surface area contributed by atoms with Crippen molar-refractivity contribution in [3.63, 3.8) is 0 Å². The number of amides is 1. The van der Waals surface area contributed by atoms with Crippen molar-refractivity contribution < 1.29 is 19.1 Å². The third kappa shape index (κ3) is 5.49. The molecule has 3 rings (SSSR count). The van der Waals surface area contributed by atoms with Crippen molar-refractivity contribution in [3.8, 4) is 5.75 Å². The third-order valence-electron chi connectivity index (χ3n) is 5.02. The van der Waals surface area contributed by atoms with Crippen molar-refractivity contribution in [2.75, 3.05) is 44.3 Å². The molecule has 1 saturated heterocycles. The molecule has 0 spiro atoms. The molecule has 0 aliphatic carbocycles. The maximum absolute atomic E-state index is 12.8. The summed E-state index contributed by atoms with van der Waals surface area (Å²) in [7, 11) is 0. The number of hydrogen-bond acceptors (Lipinski definition) is 6. The van der Waals surface area contributed by atoms with Gasteiger partial charge in [0, 0.05) is 37.9 Å². The highest BCUT2D eigenvalue weighted by Gasteiger charge is 2.23. The molecule has 1 aliphatic heterocycles. The van der Waals surface area contributed by atoms with Crippen molar-refractivity contribution in [1.82, 2.24) is 9.88 Å². The smallest absolute Gasteiger partial charge is 0.339 e. The van der Waals surface area contributed by atoms with Crippen LogP contribution in [0, 0.1) is 0 Å². The Labute approximate surface area is 177 Å². The molecular weight excluding hydrogens is 382 g/mol. The Morgan fingerprint density at radius 2 is 1.67 bits per heavy atom. The van der Waals surface area contributed by atoms with Gasteiger partial charge in [0.1, 0.15) is 11.6 Å². The fraction of sp³-hybridized carbons (Fsp3) is 0.435. The molecule has 1 aromatic carbocycles. The Balaban J connectivity index is 1.52. The first-order valence-electron chi connectivity index (χ1n) is 10.5. The number of unbranched alkanes of at least 4 members (excludes halogenated alkanes) is 1. The molecule has 1 fully saturated rings. The highest BCUT2D eigenvalue weighted by molar-refractivity contribution is 5.94. The molecule has 7 nitrogen and oxygen atoms in total. The summed E-state index contributed by atoms with van der Waals surface area (Å²) in [6, 6.07) is 10.9. The number of piperazine rings is 1. The molecular formula is C23H29N3O4. The van der Waals surface area contributed by atoms with E-state index in [-0.39, 0.29) is 11.9 Å². The predicted molar refractivity (Wildman–Crippen MR) is 115 cm³/mol. The Morgan fingerprint density at radius 1 is 0.967 bits per heavy atom. The van der Waals surface area contributed by atoms with E-state index in [1.807, 2.05) is 35.2 Å². The van der Waals surface area contributed by atoms with Crippen LogP contribution in [0.1, 0.15) is 47.4 Å². The lowest BCUT2D eigenvalue weighted by molar-refractivity contribution is 0.0525. The number of hydrogen-bond donors (Lipinski definition) is 0. The van der Waals surface area contributed by atoms with Crippen molar-refractivity contribution in [3.05, 3.63) is 53.7 Å². The fourth-order valence-electron chi connectivity index (χ4n) is 3.26. The van der Waals surface area contributed by atoms with Crippen molar-refractivity contribution >= 4 is 17.7 Å². The van der Waals surface area contributed by atoms with Gasteiger partial charge in [-0.1, -0.05) is 13.3 Å². The number of nitrogens with zero attached hydrogens (tertiary/aromatic N) is 3. The minimum absolute atomic E-state index is 0.0281. The molecule has 0 saturated carbocycles. The van der Waals surface area contributed by atoms with Crippen LogP contribution in [0.5, 0.6) is 5.75 Å². The van der Waals surface area contributed by atoms with Crippen molar-refractivity contribution in [2.45, 2.75) is 26.7 Å². The molecule has 0 radical (unpaired) electrons.